The Balaban J connectivity index is 1.74. The van der Waals surface area contributed by atoms with Crippen LogP contribution < -0.4 is 5.32 Å². The Labute approximate surface area is 120 Å². The summed E-state index contributed by atoms with van der Waals surface area (Å²) in [4.78, 5) is 1.17. The number of hydrogen-bond acceptors (Lipinski definition) is 2. The van der Waals surface area contributed by atoms with Crippen molar-refractivity contribution in [2.24, 2.45) is 0 Å². The smallest absolute Gasteiger partial charge is 0.194 e. The van der Waals surface area contributed by atoms with Crippen LogP contribution in [0.5, 0.6) is 0 Å². The van der Waals surface area contributed by atoms with Crippen LogP contribution >= 0.6 is 11.8 Å². The van der Waals surface area contributed by atoms with Crippen molar-refractivity contribution < 1.29 is 13.2 Å². The lowest BCUT2D eigenvalue weighted by atomic mass is 10.2. The molecular weight excluding hydrogens is 283 g/mol. The molecule has 20 heavy (non-hydrogen) atoms. The first kappa shape index (κ1) is 14.9. The summed E-state index contributed by atoms with van der Waals surface area (Å²) in [5.74, 6) is -2.88. The van der Waals surface area contributed by atoms with Gasteiger partial charge in [0.15, 0.2) is 17.5 Å². The molecule has 5 heteroatoms. The zero-order valence-corrected chi connectivity index (χ0v) is 11.5. The lowest BCUT2D eigenvalue weighted by molar-refractivity contribution is 0.444. The van der Waals surface area contributed by atoms with Gasteiger partial charge in [0.1, 0.15) is 0 Å². The zero-order chi connectivity index (χ0) is 14.4. The maximum absolute atomic E-state index is 13.0. The first-order valence-electron chi connectivity index (χ1n) is 6.19. The fourth-order valence-electron chi connectivity index (χ4n) is 1.70. The summed E-state index contributed by atoms with van der Waals surface area (Å²) < 4.78 is 38.7. The Bertz CT molecular complexity index is 537. The molecule has 0 atom stereocenters. The molecular formula is C15H14F3NS. The standard InChI is InChI=1S/C15H14F3NS/c16-13-8-11(9-14(17)15(13)18)10-19-6-7-20-12-4-2-1-3-5-12/h1-5,8-9,19H,6-7,10H2. The van der Waals surface area contributed by atoms with Crippen LogP contribution in [0.15, 0.2) is 47.4 Å². The summed E-state index contributed by atoms with van der Waals surface area (Å²) >= 11 is 1.69. The summed E-state index contributed by atoms with van der Waals surface area (Å²) in [5, 5.41) is 3.07. The van der Waals surface area contributed by atoms with E-state index in [4.69, 9.17) is 0 Å². The van der Waals surface area contributed by atoms with Crippen LogP contribution in [0.4, 0.5) is 13.2 Å². The van der Waals surface area contributed by atoms with Crippen LogP contribution in [0.2, 0.25) is 0 Å². The van der Waals surface area contributed by atoms with E-state index in [2.05, 4.69) is 5.32 Å². The first-order valence-corrected chi connectivity index (χ1v) is 7.17. The second-order valence-electron chi connectivity index (χ2n) is 4.21. The van der Waals surface area contributed by atoms with Crippen molar-refractivity contribution in [1.82, 2.24) is 5.32 Å². The molecule has 2 rings (SSSR count). The molecule has 0 aliphatic rings. The number of hydrogen-bond donors (Lipinski definition) is 1. The number of thioether (sulfide) groups is 1. The number of nitrogens with one attached hydrogen (secondary N) is 1. The van der Waals surface area contributed by atoms with Crippen molar-refractivity contribution in [2.75, 3.05) is 12.3 Å². The van der Waals surface area contributed by atoms with E-state index in [0.717, 1.165) is 17.9 Å². The molecule has 0 spiro atoms. The van der Waals surface area contributed by atoms with Gasteiger partial charge >= 0.3 is 0 Å². The fraction of sp³-hybridized carbons (Fsp3) is 0.200. The van der Waals surface area contributed by atoms with Gasteiger partial charge in [0.2, 0.25) is 0 Å². The Morgan fingerprint density at radius 1 is 0.950 bits per heavy atom. The SMILES string of the molecule is Fc1cc(CNCCSc2ccccc2)cc(F)c1F. The molecule has 0 saturated carbocycles. The lowest BCUT2D eigenvalue weighted by Gasteiger charge is -2.06. The van der Waals surface area contributed by atoms with E-state index in [1.54, 1.807) is 11.8 Å². The van der Waals surface area contributed by atoms with E-state index < -0.39 is 17.5 Å². The van der Waals surface area contributed by atoms with Gasteiger partial charge in [-0.2, -0.15) is 0 Å². The third-order valence-corrected chi connectivity index (χ3v) is 3.68. The molecule has 1 N–H and O–H groups in total. The zero-order valence-electron chi connectivity index (χ0n) is 10.7. The molecule has 1 nitrogen and oxygen atoms in total. The summed E-state index contributed by atoms with van der Waals surface area (Å²) in [6.45, 7) is 1.00. The highest BCUT2D eigenvalue weighted by Crippen LogP contribution is 2.16. The van der Waals surface area contributed by atoms with E-state index in [1.807, 2.05) is 30.3 Å². The number of benzene rings is 2. The van der Waals surface area contributed by atoms with Gasteiger partial charge in [-0.3, -0.25) is 0 Å². The predicted molar refractivity (Wildman–Crippen MR) is 75.2 cm³/mol. The predicted octanol–water partition coefficient (Wildman–Crippen LogP) is 3.99. The maximum Gasteiger partial charge on any atom is 0.194 e. The third kappa shape index (κ3) is 4.28. The summed E-state index contributed by atoms with van der Waals surface area (Å²) in [6, 6.07) is 12.0. The van der Waals surface area contributed by atoms with Gasteiger partial charge < -0.3 is 5.32 Å². The van der Waals surface area contributed by atoms with Gasteiger partial charge in [-0.15, -0.1) is 11.8 Å². The molecule has 0 saturated heterocycles. The van der Waals surface area contributed by atoms with Gasteiger partial charge in [-0.25, -0.2) is 13.2 Å². The average molecular weight is 297 g/mol. The molecule has 0 aromatic heterocycles. The van der Waals surface area contributed by atoms with Gasteiger partial charge in [-0.1, -0.05) is 18.2 Å². The van der Waals surface area contributed by atoms with E-state index in [0.29, 0.717) is 18.7 Å². The van der Waals surface area contributed by atoms with Crippen LogP contribution in [0, 0.1) is 17.5 Å². The molecule has 0 bridgehead atoms. The van der Waals surface area contributed by atoms with Crippen molar-refractivity contribution in [3.63, 3.8) is 0 Å². The van der Waals surface area contributed by atoms with Gasteiger partial charge in [0, 0.05) is 23.7 Å². The molecule has 0 fully saturated rings. The summed E-state index contributed by atoms with van der Waals surface area (Å²) in [6.07, 6.45) is 0. The van der Waals surface area contributed by atoms with Crippen LogP contribution in [0.3, 0.4) is 0 Å². The minimum atomic E-state index is -1.42. The molecule has 106 valence electrons. The maximum atomic E-state index is 13.0. The highest BCUT2D eigenvalue weighted by molar-refractivity contribution is 7.99. The molecule has 2 aromatic carbocycles. The number of rotatable bonds is 6. The highest BCUT2D eigenvalue weighted by Gasteiger charge is 2.09. The second-order valence-corrected chi connectivity index (χ2v) is 5.38. The van der Waals surface area contributed by atoms with E-state index >= 15 is 0 Å². The lowest BCUT2D eigenvalue weighted by Crippen LogP contribution is -2.17. The molecule has 0 aliphatic heterocycles. The van der Waals surface area contributed by atoms with E-state index in [1.165, 1.54) is 4.90 Å². The highest BCUT2D eigenvalue weighted by atomic mass is 32.2. The van der Waals surface area contributed by atoms with Crippen LogP contribution in [-0.2, 0) is 6.54 Å². The largest absolute Gasteiger partial charge is 0.312 e. The molecule has 0 radical (unpaired) electrons. The van der Waals surface area contributed by atoms with Gasteiger partial charge in [0.25, 0.3) is 0 Å². The topological polar surface area (TPSA) is 12.0 Å². The van der Waals surface area contributed by atoms with Crippen molar-refractivity contribution in [3.05, 3.63) is 65.5 Å². The van der Waals surface area contributed by atoms with Crippen molar-refractivity contribution in [1.29, 1.82) is 0 Å². The fourth-order valence-corrected chi connectivity index (χ4v) is 2.53. The first-order chi connectivity index (χ1) is 9.66. The van der Waals surface area contributed by atoms with E-state index in [9.17, 15) is 13.2 Å². The summed E-state index contributed by atoms with van der Waals surface area (Å²) in [7, 11) is 0. The number of halogens is 3. The quantitative estimate of drug-likeness (QED) is 0.491. The van der Waals surface area contributed by atoms with Gasteiger partial charge in [-0.05, 0) is 29.8 Å². The average Bonchev–Trinajstić information content (AvgIpc) is 2.45. The second kappa shape index (κ2) is 7.36. The minimum absolute atomic E-state index is 0.309. The molecule has 0 unspecified atom stereocenters. The van der Waals surface area contributed by atoms with Crippen molar-refractivity contribution in [2.45, 2.75) is 11.4 Å². The van der Waals surface area contributed by atoms with E-state index in [-0.39, 0.29) is 0 Å². The Morgan fingerprint density at radius 3 is 2.25 bits per heavy atom. The van der Waals surface area contributed by atoms with Crippen molar-refractivity contribution >= 4 is 11.8 Å². The third-order valence-electron chi connectivity index (χ3n) is 2.66. The Hall–Kier alpha value is -1.46. The molecule has 0 amide bonds. The molecule has 0 heterocycles. The normalized spacial score (nSPS) is 10.8. The minimum Gasteiger partial charge on any atom is -0.312 e. The Morgan fingerprint density at radius 2 is 1.60 bits per heavy atom. The van der Waals surface area contributed by atoms with Crippen LogP contribution in [-0.4, -0.2) is 12.3 Å². The monoisotopic (exact) mass is 297 g/mol. The van der Waals surface area contributed by atoms with Crippen LogP contribution in [0.25, 0.3) is 0 Å². The van der Waals surface area contributed by atoms with Crippen molar-refractivity contribution in [3.8, 4) is 0 Å². The van der Waals surface area contributed by atoms with Crippen LogP contribution in [0.1, 0.15) is 5.56 Å². The Kier molecular flexibility index (Phi) is 5.49. The summed E-state index contributed by atoms with van der Waals surface area (Å²) in [5.41, 5.74) is 0.395. The van der Waals surface area contributed by atoms with Gasteiger partial charge in [0.05, 0.1) is 0 Å². The molecule has 2 aromatic rings. The molecule has 0 aliphatic carbocycles.